The Balaban J connectivity index is 1.79. The maximum Gasteiger partial charge on any atom is 0.275 e. The number of aryl methyl sites for hydroxylation is 1. The van der Waals surface area contributed by atoms with Crippen molar-refractivity contribution in [2.24, 2.45) is 0 Å². The van der Waals surface area contributed by atoms with Crippen LogP contribution in [0.2, 0.25) is 0 Å². The number of benzene rings is 1. The van der Waals surface area contributed by atoms with Crippen LogP contribution in [0.4, 0.5) is 0 Å². The van der Waals surface area contributed by atoms with Gasteiger partial charge >= 0.3 is 0 Å². The summed E-state index contributed by atoms with van der Waals surface area (Å²) in [5.41, 5.74) is 2.95. The zero-order valence-corrected chi connectivity index (χ0v) is 14.4. The van der Waals surface area contributed by atoms with E-state index in [9.17, 15) is 14.7 Å². The molecule has 2 heterocycles. The smallest absolute Gasteiger partial charge is 0.275 e. The van der Waals surface area contributed by atoms with Gasteiger partial charge in [-0.2, -0.15) is 5.10 Å². The lowest BCUT2D eigenvalue weighted by atomic mass is 10.1. The van der Waals surface area contributed by atoms with Gasteiger partial charge in [-0.1, -0.05) is 12.1 Å². The fraction of sp³-hybridized carbons (Fsp3) is 0.389. The molecule has 1 atom stereocenters. The van der Waals surface area contributed by atoms with Crippen LogP contribution in [0.3, 0.4) is 0 Å². The molecular formula is C18H22N4O3. The van der Waals surface area contributed by atoms with Crippen LogP contribution in [0.1, 0.15) is 40.9 Å². The predicted octanol–water partition coefficient (Wildman–Crippen LogP) is 1.59. The molecule has 0 saturated carbocycles. The lowest BCUT2D eigenvalue weighted by Gasteiger charge is -2.14. The van der Waals surface area contributed by atoms with Gasteiger partial charge in [0.2, 0.25) is 5.91 Å². The van der Waals surface area contributed by atoms with Crippen molar-refractivity contribution in [1.82, 2.24) is 20.4 Å². The maximum absolute atomic E-state index is 12.5. The third kappa shape index (κ3) is 3.65. The van der Waals surface area contributed by atoms with Gasteiger partial charge in [0.05, 0.1) is 11.9 Å². The number of aromatic nitrogens is 2. The van der Waals surface area contributed by atoms with E-state index < -0.39 is 5.91 Å². The highest BCUT2D eigenvalue weighted by Gasteiger charge is 2.23. The molecule has 3 N–H and O–H groups in total. The Bertz CT molecular complexity index is 813. The quantitative estimate of drug-likeness (QED) is 0.789. The Morgan fingerprint density at radius 2 is 2.16 bits per heavy atom. The minimum Gasteiger partial charge on any atom is -0.504 e. The molecule has 0 spiro atoms. The largest absolute Gasteiger partial charge is 0.504 e. The third-order valence-corrected chi connectivity index (χ3v) is 4.60. The predicted molar refractivity (Wildman–Crippen MR) is 92.8 cm³/mol. The normalized spacial score (nSPS) is 17.7. The van der Waals surface area contributed by atoms with E-state index in [2.05, 4.69) is 15.7 Å². The van der Waals surface area contributed by atoms with Crippen molar-refractivity contribution in [2.75, 3.05) is 6.54 Å². The molecular weight excluding hydrogens is 320 g/mol. The van der Waals surface area contributed by atoms with Crippen LogP contribution in [0.5, 0.6) is 5.75 Å². The van der Waals surface area contributed by atoms with Gasteiger partial charge in [-0.3, -0.25) is 9.59 Å². The fourth-order valence-corrected chi connectivity index (χ4v) is 2.96. The lowest BCUT2D eigenvalue weighted by molar-refractivity contribution is -0.120. The minimum absolute atomic E-state index is 0.00111. The van der Waals surface area contributed by atoms with E-state index in [1.54, 1.807) is 0 Å². The molecule has 7 nitrogen and oxygen atoms in total. The molecule has 1 aromatic heterocycles. The van der Waals surface area contributed by atoms with Crippen molar-refractivity contribution in [1.29, 1.82) is 0 Å². The summed E-state index contributed by atoms with van der Waals surface area (Å²) >= 11 is 0. The van der Waals surface area contributed by atoms with Gasteiger partial charge in [-0.15, -0.1) is 0 Å². The average molecular weight is 342 g/mol. The molecule has 25 heavy (non-hydrogen) atoms. The zero-order valence-electron chi connectivity index (χ0n) is 14.4. The summed E-state index contributed by atoms with van der Waals surface area (Å²) in [6, 6.07) is 5.68. The summed E-state index contributed by atoms with van der Waals surface area (Å²) in [4.78, 5) is 23.9. The number of aromatic hydroxyl groups is 1. The molecule has 7 heteroatoms. The van der Waals surface area contributed by atoms with Gasteiger partial charge in [0.15, 0.2) is 11.4 Å². The maximum atomic E-state index is 12.5. The molecule has 0 radical (unpaired) electrons. The number of nitrogens with zero attached hydrogens (tertiary/aromatic N) is 2. The number of hydrogen-bond donors (Lipinski definition) is 3. The number of rotatable bonds is 3. The number of amides is 2. The van der Waals surface area contributed by atoms with E-state index in [0.29, 0.717) is 25.8 Å². The molecule has 132 valence electrons. The molecule has 0 aliphatic carbocycles. The van der Waals surface area contributed by atoms with E-state index in [-0.39, 0.29) is 23.4 Å². The van der Waals surface area contributed by atoms with Crippen LogP contribution in [0.25, 0.3) is 5.69 Å². The fourth-order valence-electron chi connectivity index (χ4n) is 2.96. The molecule has 1 fully saturated rings. The number of carbonyl (C=O) groups excluding carboxylic acids is 2. The summed E-state index contributed by atoms with van der Waals surface area (Å²) in [6.07, 6.45) is 3.06. The summed E-state index contributed by atoms with van der Waals surface area (Å²) in [5, 5.41) is 20.0. The van der Waals surface area contributed by atoms with Gasteiger partial charge in [0.1, 0.15) is 0 Å². The Kier molecular flexibility index (Phi) is 4.74. The van der Waals surface area contributed by atoms with Crippen LogP contribution in [0.15, 0.2) is 24.4 Å². The van der Waals surface area contributed by atoms with Crippen molar-refractivity contribution in [2.45, 2.75) is 39.2 Å². The average Bonchev–Trinajstić information content (AvgIpc) is 2.84. The number of nitrogens with one attached hydrogen (secondary N) is 2. The van der Waals surface area contributed by atoms with Gasteiger partial charge in [0.25, 0.3) is 5.91 Å². The SMILES string of the molecule is Cc1cccc(-n2cc(O)c(C(=O)NC3CCNC(=O)CC3)n2)c1C. The van der Waals surface area contributed by atoms with Crippen molar-refractivity contribution in [3.05, 3.63) is 41.2 Å². The second-order valence-corrected chi connectivity index (χ2v) is 6.37. The monoisotopic (exact) mass is 342 g/mol. The Morgan fingerprint density at radius 3 is 2.96 bits per heavy atom. The topological polar surface area (TPSA) is 96.3 Å². The van der Waals surface area contributed by atoms with Crippen LogP contribution >= 0.6 is 0 Å². The van der Waals surface area contributed by atoms with Crippen LogP contribution < -0.4 is 10.6 Å². The van der Waals surface area contributed by atoms with Crippen molar-refractivity contribution < 1.29 is 14.7 Å². The summed E-state index contributed by atoms with van der Waals surface area (Å²) < 4.78 is 1.52. The first-order valence-corrected chi connectivity index (χ1v) is 8.38. The Labute approximate surface area is 146 Å². The second kappa shape index (κ2) is 6.96. The van der Waals surface area contributed by atoms with Crippen molar-refractivity contribution in [3.8, 4) is 11.4 Å². The molecule has 0 bridgehead atoms. The Hall–Kier alpha value is -2.83. The van der Waals surface area contributed by atoms with Gasteiger partial charge < -0.3 is 15.7 Å². The highest BCUT2D eigenvalue weighted by atomic mass is 16.3. The third-order valence-electron chi connectivity index (χ3n) is 4.60. The van der Waals surface area contributed by atoms with Gasteiger partial charge in [0, 0.05) is 19.0 Å². The van der Waals surface area contributed by atoms with Crippen molar-refractivity contribution >= 4 is 11.8 Å². The molecule has 3 rings (SSSR count). The molecule has 1 aliphatic rings. The highest BCUT2D eigenvalue weighted by molar-refractivity contribution is 5.95. The first-order valence-electron chi connectivity index (χ1n) is 8.38. The van der Waals surface area contributed by atoms with Crippen LogP contribution in [0, 0.1) is 13.8 Å². The van der Waals surface area contributed by atoms with E-state index in [4.69, 9.17) is 0 Å². The highest BCUT2D eigenvalue weighted by Crippen LogP contribution is 2.22. The van der Waals surface area contributed by atoms with E-state index in [1.807, 2.05) is 32.0 Å². The van der Waals surface area contributed by atoms with Crippen LogP contribution in [-0.2, 0) is 4.79 Å². The van der Waals surface area contributed by atoms with Gasteiger partial charge in [-0.05, 0) is 43.9 Å². The summed E-state index contributed by atoms with van der Waals surface area (Å²) in [7, 11) is 0. The van der Waals surface area contributed by atoms with E-state index >= 15 is 0 Å². The molecule has 1 aromatic carbocycles. The first-order chi connectivity index (χ1) is 12.0. The molecule has 1 aliphatic heterocycles. The second-order valence-electron chi connectivity index (χ2n) is 6.37. The van der Waals surface area contributed by atoms with Crippen LogP contribution in [-0.4, -0.2) is 39.3 Å². The molecule has 1 saturated heterocycles. The standard InChI is InChI=1S/C18H22N4O3/c1-11-4-3-5-14(12(11)2)22-10-15(23)17(21-22)18(25)20-13-6-7-16(24)19-9-8-13/h3-5,10,13,23H,6-9H2,1-2H3,(H,19,24)(H,20,25). The molecule has 1 unspecified atom stereocenters. The first kappa shape index (κ1) is 17.0. The molecule has 2 aromatic rings. The summed E-state index contributed by atoms with van der Waals surface area (Å²) in [5.74, 6) is -0.596. The van der Waals surface area contributed by atoms with Crippen molar-refractivity contribution in [3.63, 3.8) is 0 Å². The minimum atomic E-state index is -0.430. The summed E-state index contributed by atoms with van der Waals surface area (Å²) in [6.45, 7) is 4.50. The van der Waals surface area contributed by atoms with E-state index in [0.717, 1.165) is 16.8 Å². The van der Waals surface area contributed by atoms with Gasteiger partial charge in [-0.25, -0.2) is 4.68 Å². The lowest BCUT2D eigenvalue weighted by Crippen LogP contribution is -2.35. The van der Waals surface area contributed by atoms with E-state index in [1.165, 1.54) is 10.9 Å². The Morgan fingerprint density at radius 1 is 1.36 bits per heavy atom. The molecule has 2 amide bonds. The number of carbonyl (C=O) groups is 2. The zero-order chi connectivity index (χ0) is 18.0. The number of hydrogen-bond acceptors (Lipinski definition) is 4.